The van der Waals surface area contributed by atoms with Gasteiger partial charge in [-0.2, -0.15) is 5.10 Å². The molecule has 32 heavy (non-hydrogen) atoms. The van der Waals surface area contributed by atoms with Gasteiger partial charge in [-0.15, -0.1) is 0 Å². The largest absolute Gasteiger partial charge is 0.465 e. The van der Waals surface area contributed by atoms with Crippen molar-refractivity contribution in [3.05, 3.63) is 71.9 Å². The summed E-state index contributed by atoms with van der Waals surface area (Å²) in [7, 11) is -4.15. The normalized spacial score (nSPS) is 13.0. The van der Waals surface area contributed by atoms with Crippen LogP contribution < -0.4 is 5.32 Å². The Morgan fingerprint density at radius 3 is 2.38 bits per heavy atom. The summed E-state index contributed by atoms with van der Waals surface area (Å²) < 4.78 is 55.9. The van der Waals surface area contributed by atoms with Crippen LogP contribution in [0.5, 0.6) is 0 Å². The molecule has 0 fully saturated rings. The predicted molar refractivity (Wildman–Crippen MR) is 113 cm³/mol. The van der Waals surface area contributed by atoms with Crippen molar-refractivity contribution in [3.63, 3.8) is 0 Å². The first kappa shape index (κ1) is 23.4. The fourth-order valence-corrected chi connectivity index (χ4v) is 4.59. The highest BCUT2D eigenvalue weighted by atomic mass is 32.2. The van der Waals surface area contributed by atoms with Crippen LogP contribution in [0.2, 0.25) is 0 Å². The number of nitrogens with one attached hydrogen (secondary N) is 1. The van der Waals surface area contributed by atoms with Crippen molar-refractivity contribution < 1.29 is 27.1 Å². The zero-order valence-electron chi connectivity index (χ0n) is 17.7. The summed E-state index contributed by atoms with van der Waals surface area (Å²) in [5, 5.41) is 15.5. The van der Waals surface area contributed by atoms with Gasteiger partial charge in [-0.05, 0) is 35.7 Å². The van der Waals surface area contributed by atoms with Crippen molar-refractivity contribution in [2.45, 2.75) is 43.2 Å². The lowest BCUT2D eigenvalue weighted by Gasteiger charge is -2.29. The summed E-state index contributed by atoms with van der Waals surface area (Å²) in [6.07, 6.45) is -1.20. The van der Waals surface area contributed by atoms with E-state index in [0.717, 1.165) is 22.9 Å². The molecule has 0 saturated carbocycles. The predicted octanol–water partition coefficient (Wildman–Crippen LogP) is 4.21. The second-order valence-electron chi connectivity index (χ2n) is 8.37. The van der Waals surface area contributed by atoms with Gasteiger partial charge in [0.1, 0.15) is 17.3 Å². The molecule has 170 valence electrons. The van der Waals surface area contributed by atoms with Gasteiger partial charge >= 0.3 is 6.09 Å². The molecule has 1 aromatic heterocycles. The van der Waals surface area contributed by atoms with Gasteiger partial charge in [0.25, 0.3) is 0 Å². The molecule has 10 heteroatoms. The average molecular weight is 464 g/mol. The van der Waals surface area contributed by atoms with Crippen molar-refractivity contribution in [2.24, 2.45) is 5.41 Å². The SMILES string of the molecule is CC(C)(C)C(Cc1cc(S(=O)(=O)c2ccccc2)n(-c2cc(F)ccc2F)n1)NC(=O)O. The smallest absolute Gasteiger partial charge is 0.404 e. The van der Waals surface area contributed by atoms with E-state index in [1.807, 2.05) is 20.8 Å². The minimum Gasteiger partial charge on any atom is -0.465 e. The highest BCUT2D eigenvalue weighted by Crippen LogP contribution is 2.28. The fraction of sp³-hybridized carbons (Fsp3) is 0.273. The van der Waals surface area contributed by atoms with Crippen LogP contribution in [-0.4, -0.2) is 35.4 Å². The van der Waals surface area contributed by atoms with Crippen LogP contribution in [0.25, 0.3) is 5.69 Å². The Morgan fingerprint density at radius 1 is 1.12 bits per heavy atom. The van der Waals surface area contributed by atoms with Crippen molar-refractivity contribution in [2.75, 3.05) is 0 Å². The third-order valence-electron chi connectivity index (χ3n) is 4.95. The average Bonchev–Trinajstić information content (AvgIpc) is 3.13. The van der Waals surface area contributed by atoms with E-state index < -0.39 is 39.0 Å². The number of carbonyl (C=O) groups is 1. The Bertz CT molecular complexity index is 1240. The van der Waals surface area contributed by atoms with E-state index in [4.69, 9.17) is 0 Å². The Hall–Kier alpha value is -3.27. The van der Waals surface area contributed by atoms with Gasteiger partial charge in [0.2, 0.25) is 9.84 Å². The number of carboxylic acid groups (broad SMARTS) is 1. The molecule has 1 unspecified atom stereocenters. The van der Waals surface area contributed by atoms with E-state index >= 15 is 0 Å². The van der Waals surface area contributed by atoms with Crippen LogP contribution in [0.15, 0.2) is 64.5 Å². The molecule has 0 radical (unpaired) electrons. The Balaban J connectivity index is 2.18. The van der Waals surface area contributed by atoms with E-state index in [1.54, 1.807) is 18.2 Å². The molecule has 7 nitrogen and oxygen atoms in total. The van der Waals surface area contributed by atoms with Gasteiger partial charge in [0, 0.05) is 18.5 Å². The molecule has 2 aromatic carbocycles. The van der Waals surface area contributed by atoms with E-state index in [9.17, 15) is 27.1 Å². The zero-order chi connectivity index (χ0) is 23.7. The van der Waals surface area contributed by atoms with E-state index in [-0.39, 0.29) is 27.7 Å². The summed E-state index contributed by atoms with van der Waals surface area (Å²) in [5.41, 5.74) is -0.689. The quantitative estimate of drug-likeness (QED) is 0.570. The zero-order valence-corrected chi connectivity index (χ0v) is 18.5. The van der Waals surface area contributed by atoms with E-state index in [0.29, 0.717) is 0 Å². The molecule has 0 aliphatic heterocycles. The molecule has 0 saturated heterocycles. The molecule has 2 N–H and O–H groups in total. The number of nitrogens with zero attached hydrogens (tertiary/aromatic N) is 2. The Kier molecular flexibility index (Phi) is 6.36. The lowest BCUT2D eigenvalue weighted by molar-refractivity contribution is 0.174. The number of hydrogen-bond acceptors (Lipinski definition) is 4. The standard InChI is InChI=1S/C22H23F2N3O4S/c1-22(2,3)19(25-21(28)29)12-15-13-20(32(30,31)16-7-5-4-6-8-16)27(26-15)18-11-14(23)9-10-17(18)24/h4-11,13,19,25H,12H2,1-3H3,(H,28,29). The Morgan fingerprint density at radius 2 is 1.78 bits per heavy atom. The molecule has 0 aliphatic rings. The summed E-state index contributed by atoms with van der Waals surface area (Å²) in [6, 6.07) is 10.8. The molecule has 1 atom stereocenters. The lowest BCUT2D eigenvalue weighted by Crippen LogP contribution is -2.44. The molecule has 3 rings (SSSR count). The van der Waals surface area contributed by atoms with E-state index in [1.165, 1.54) is 18.2 Å². The molecule has 1 heterocycles. The fourth-order valence-electron chi connectivity index (χ4n) is 3.17. The maximum Gasteiger partial charge on any atom is 0.404 e. The van der Waals surface area contributed by atoms with Crippen molar-refractivity contribution in [3.8, 4) is 5.69 Å². The summed E-state index contributed by atoms with van der Waals surface area (Å²) in [6.45, 7) is 5.45. The van der Waals surface area contributed by atoms with Crippen LogP contribution in [0.4, 0.5) is 13.6 Å². The van der Waals surface area contributed by atoms with Crippen LogP contribution in [-0.2, 0) is 16.3 Å². The molecular weight excluding hydrogens is 440 g/mol. The third kappa shape index (κ3) is 4.96. The number of hydrogen-bond donors (Lipinski definition) is 2. The second kappa shape index (κ2) is 8.70. The van der Waals surface area contributed by atoms with Gasteiger partial charge in [0.05, 0.1) is 10.6 Å². The second-order valence-corrected chi connectivity index (χ2v) is 10.3. The first-order chi connectivity index (χ1) is 14.9. The first-order valence-corrected chi connectivity index (χ1v) is 11.2. The van der Waals surface area contributed by atoms with E-state index in [2.05, 4.69) is 10.4 Å². The minimum atomic E-state index is -4.15. The van der Waals surface area contributed by atoms with Crippen LogP contribution in [0.3, 0.4) is 0 Å². The third-order valence-corrected chi connectivity index (χ3v) is 6.68. The van der Waals surface area contributed by atoms with Crippen LogP contribution in [0.1, 0.15) is 26.5 Å². The molecular formula is C22H23F2N3O4S. The van der Waals surface area contributed by atoms with Gasteiger partial charge in [-0.1, -0.05) is 39.0 Å². The monoisotopic (exact) mass is 463 g/mol. The highest BCUT2D eigenvalue weighted by molar-refractivity contribution is 7.91. The van der Waals surface area contributed by atoms with Gasteiger partial charge in [-0.3, -0.25) is 0 Å². The van der Waals surface area contributed by atoms with Gasteiger partial charge in [0.15, 0.2) is 5.03 Å². The number of sulfone groups is 1. The number of rotatable bonds is 6. The number of halogens is 2. The first-order valence-electron chi connectivity index (χ1n) is 9.73. The van der Waals surface area contributed by atoms with Crippen molar-refractivity contribution in [1.29, 1.82) is 0 Å². The lowest BCUT2D eigenvalue weighted by atomic mass is 9.84. The molecule has 1 amide bonds. The molecule has 3 aromatic rings. The maximum absolute atomic E-state index is 14.5. The topological polar surface area (TPSA) is 101 Å². The van der Waals surface area contributed by atoms with Crippen LogP contribution >= 0.6 is 0 Å². The van der Waals surface area contributed by atoms with Crippen LogP contribution in [0, 0.1) is 17.0 Å². The summed E-state index contributed by atoms with van der Waals surface area (Å²) in [4.78, 5) is 11.2. The number of aromatic nitrogens is 2. The molecule has 0 aliphatic carbocycles. The minimum absolute atomic E-state index is 0.0387. The van der Waals surface area contributed by atoms with Crippen molar-refractivity contribution in [1.82, 2.24) is 15.1 Å². The maximum atomic E-state index is 14.5. The van der Waals surface area contributed by atoms with Gasteiger partial charge < -0.3 is 10.4 Å². The molecule has 0 spiro atoms. The Labute approximate surface area is 184 Å². The van der Waals surface area contributed by atoms with Crippen molar-refractivity contribution >= 4 is 15.9 Å². The summed E-state index contributed by atoms with van der Waals surface area (Å²) >= 11 is 0. The number of amides is 1. The number of benzene rings is 2. The molecule has 0 bridgehead atoms. The highest BCUT2D eigenvalue weighted by Gasteiger charge is 2.31. The van der Waals surface area contributed by atoms with Gasteiger partial charge in [-0.25, -0.2) is 26.7 Å². The summed E-state index contributed by atoms with van der Waals surface area (Å²) in [5.74, 6) is -1.62.